The minimum absolute atomic E-state index is 0.321. The molecule has 28 heavy (non-hydrogen) atoms. The second-order valence-electron chi connectivity index (χ2n) is 5.31. The summed E-state index contributed by atoms with van der Waals surface area (Å²) in [6.45, 7) is 0. The number of carbonyl (C=O) groups is 1. The number of rotatable bonds is 4. The fourth-order valence-corrected chi connectivity index (χ4v) is 1.87. The lowest BCUT2D eigenvalue weighted by Crippen LogP contribution is -2.28. The maximum absolute atomic E-state index is 12.4. The molecule has 0 bridgehead atoms. The molecule has 0 heterocycles. The van der Waals surface area contributed by atoms with Crippen LogP contribution in [0.3, 0.4) is 0 Å². The minimum atomic E-state index is -4.45. The first kappa shape index (κ1) is 20.9. The van der Waals surface area contributed by atoms with Crippen LogP contribution in [0, 0.1) is 0 Å². The molecular formula is C17H12F6N4O. The van der Waals surface area contributed by atoms with E-state index in [-0.39, 0.29) is 0 Å². The third kappa shape index (κ3) is 6.41. The Morgan fingerprint density at radius 2 is 1.00 bits per heavy atom. The largest absolute Gasteiger partial charge is 0.416 e. The monoisotopic (exact) mass is 402 g/mol. The first-order valence-electron chi connectivity index (χ1n) is 7.52. The van der Waals surface area contributed by atoms with Crippen LogP contribution >= 0.6 is 0 Å². The molecule has 11 heteroatoms. The average molecular weight is 402 g/mol. The molecule has 0 saturated carbocycles. The van der Waals surface area contributed by atoms with Gasteiger partial charge in [-0.1, -0.05) is 24.3 Å². The van der Waals surface area contributed by atoms with Gasteiger partial charge in [0.2, 0.25) is 0 Å². The van der Waals surface area contributed by atoms with Crippen molar-refractivity contribution in [2.75, 3.05) is 0 Å². The molecule has 0 unspecified atom stereocenters. The number of hydrogen-bond donors (Lipinski definition) is 2. The van der Waals surface area contributed by atoms with Gasteiger partial charge in [0.15, 0.2) is 0 Å². The van der Waals surface area contributed by atoms with E-state index in [0.29, 0.717) is 11.1 Å². The van der Waals surface area contributed by atoms with Crippen LogP contribution in [0.5, 0.6) is 0 Å². The molecule has 0 aromatic heterocycles. The Hall–Kier alpha value is -3.37. The van der Waals surface area contributed by atoms with Gasteiger partial charge in [-0.15, -0.1) is 0 Å². The summed E-state index contributed by atoms with van der Waals surface area (Å²) in [7, 11) is 0. The fourth-order valence-electron chi connectivity index (χ4n) is 1.87. The summed E-state index contributed by atoms with van der Waals surface area (Å²) in [5.41, 5.74) is 3.07. The van der Waals surface area contributed by atoms with Crippen LogP contribution in [0.1, 0.15) is 22.3 Å². The Morgan fingerprint density at radius 3 is 1.29 bits per heavy atom. The maximum Gasteiger partial charge on any atom is 0.416 e. The smallest absolute Gasteiger partial charge is 0.245 e. The standard InChI is InChI=1S/C17H12F6N4O/c18-16(19,20)13-5-1-11(2-6-13)9-24-26-15(28)27-25-10-12-3-7-14(8-4-12)17(21,22)23/h1-10H,(H2,26,27,28). The molecule has 2 aromatic carbocycles. The van der Waals surface area contributed by atoms with E-state index in [1.54, 1.807) is 0 Å². The number of amides is 2. The van der Waals surface area contributed by atoms with Gasteiger partial charge < -0.3 is 0 Å². The average Bonchev–Trinajstić information content (AvgIpc) is 2.61. The van der Waals surface area contributed by atoms with Gasteiger partial charge in [-0.05, 0) is 35.4 Å². The molecular weight excluding hydrogens is 390 g/mol. The first-order valence-corrected chi connectivity index (χ1v) is 7.52. The topological polar surface area (TPSA) is 65.8 Å². The van der Waals surface area contributed by atoms with Crippen molar-refractivity contribution in [2.45, 2.75) is 12.4 Å². The Labute approximate surface area is 154 Å². The van der Waals surface area contributed by atoms with Crippen LogP contribution < -0.4 is 10.9 Å². The number of hydrogen-bond acceptors (Lipinski definition) is 3. The zero-order chi connectivity index (χ0) is 20.8. The molecule has 2 aromatic rings. The van der Waals surface area contributed by atoms with Crippen molar-refractivity contribution in [3.8, 4) is 0 Å². The van der Waals surface area contributed by atoms with Gasteiger partial charge in [0.05, 0.1) is 23.6 Å². The highest BCUT2D eigenvalue weighted by molar-refractivity contribution is 5.83. The summed E-state index contributed by atoms with van der Waals surface area (Å²) in [5.74, 6) is 0. The number of nitrogens with zero attached hydrogens (tertiary/aromatic N) is 2. The van der Waals surface area contributed by atoms with E-state index in [4.69, 9.17) is 0 Å². The van der Waals surface area contributed by atoms with E-state index in [9.17, 15) is 31.1 Å². The van der Waals surface area contributed by atoms with Gasteiger partial charge in [0.1, 0.15) is 0 Å². The van der Waals surface area contributed by atoms with E-state index in [1.165, 1.54) is 24.3 Å². The molecule has 148 valence electrons. The maximum atomic E-state index is 12.4. The lowest BCUT2D eigenvalue weighted by molar-refractivity contribution is -0.138. The SMILES string of the molecule is O=C(NN=Cc1ccc(C(F)(F)F)cc1)NN=Cc1ccc(C(F)(F)F)cc1. The quantitative estimate of drug-likeness (QED) is 0.445. The number of urea groups is 1. The van der Waals surface area contributed by atoms with Crippen LogP contribution in [-0.2, 0) is 12.4 Å². The number of halogens is 6. The Morgan fingerprint density at radius 1 is 0.679 bits per heavy atom. The molecule has 0 radical (unpaired) electrons. The van der Waals surface area contributed by atoms with Gasteiger partial charge in [-0.25, -0.2) is 15.6 Å². The summed E-state index contributed by atoms with van der Waals surface area (Å²) in [4.78, 5) is 11.4. The summed E-state index contributed by atoms with van der Waals surface area (Å²) in [6, 6.07) is 7.33. The van der Waals surface area contributed by atoms with Crippen molar-refractivity contribution in [2.24, 2.45) is 10.2 Å². The van der Waals surface area contributed by atoms with Crippen molar-refractivity contribution in [1.29, 1.82) is 0 Å². The fraction of sp³-hybridized carbons (Fsp3) is 0.118. The van der Waals surface area contributed by atoms with Crippen molar-refractivity contribution in [3.05, 3.63) is 70.8 Å². The zero-order valence-electron chi connectivity index (χ0n) is 13.8. The van der Waals surface area contributed by atoms with E-state index < -0.39 is 29.5 Å². The number of hydrazone groups is 2. The molecule has 0 aliphatic carbocycles. The van der Waals surface area contributed by atoms with Crippen molar-refractivity contribution in [3.63, 3.8) is 0 Å². The van der Waals surface area contributed by atoms with E-state index in [0.717, 1.165) is 36.7 Å². The van der Waals surface area contributed by atoms with Gasteiger partial charge in [-0.2, -0.15) is 36.5 Å². The lowest BCUT2D eigenvalue weighted by atomic mass is 10.1. The summed E-state index contributed by atoms with van der Waals surface area (Å²) < 4.78 is 74.6. The molecule has 2 amide bonds. The van der Waals surface area contributed by atoms with Gasteiger partial charge >= 0.3 is 18.4 Å². The van der Waals surface area contributed by atoms with Crippen LogP contribution in [0.25, 0.3) is 0 Å². The number of alkyl halides is 6. The Balaban J connectivity index is 1.82. The van der Waals surface area contributed by atoms with Crippen molar-refractivity contribution >= 4 is 18.5 Å². The predicted octanol–water partition coefficient (Wildman–Crippen LogP) is 4.39. The summed E-state index contributed by atoms with van der Waals surface area (Å²) in [5, 5.41) is 7.06. The highest BCUT2D eigenvalue weighted by Crippen LogP contribution is 2.29. The highest BCUT2D eigenvalue weighted by atomic mass is 19.4. The Bertz CT molecular complexity index is 784. The second-order valence-corrected chi connectivity index (χ2v) is 5.31. The first-order chi connectivity index (χ1) is 13.1. The van der Waals surface area contributed by atoms with Crippen molar-refractivity contribution < 1.29 is 31.1 Å². The molecule has 2 rings (SSSR count). The molecule has 0 aliphatic heterocycles. The third-order valence-corrected chi connectivity index (χ3v) is 3.24. The lowest BCUT2D eigenvalue weighted by Gasteiger charge is -2.05. The van der Waals surface area contributed by atoms with Crippen LogP contribution in [0.2, 0.25) is 0 Å². The van der Waals surface area contributed by atoms with E-state index >= 15 is 0 Å². The van der Waals surface area contributed by atoms with E-state index in [2.05, 4.69) is 10.2 Å². The summed E-state index contributed by atoms with van der Waals surface area (Å²) in [6.07, 6.45) is -6.64. The molecule has 0 fully saturated rings. The van der Waals surface area contributed by atoms with Crippen molar-refractivity contribution in [1.82, 2.24) is 10.9 Å². The molecule has 0 saturated heterocycles. The number of carbonyl (C=O) groups excluding carboxylic acids is 1. The number of nitrogens with one attached hydrogen (secondary N) is 2. The molecule has 5 nitrogen and oxygen atoms in total. The Kier molecular flexibility index (Phi) is 6.39. The van der Waals surface area contributed by atoms with Crippen LogP contribution in [0.4, 0.5) is 31.1 Å². The third-order valence-electron chi connectivity index (χ3n) is 3.24. The van der Waals surface area contributed by atoms with E-state index in [1.807, 2.05) is 10.9 Å². The molecule has 2 N–H and O–H groups in total. The number of benzene rings is 2. The molecule has 0 spiro atoms. The van der Waals surface area contributed by atoms with Gasteiger partial charge in [0.25, 0.3) is 0 Å². The highest BCUT2D eigenvalue weighted by Gasteiger charge is 2.30. The van der Waals surface area contributed by atoms with Crippen LogP contribution in [-0.4, -0.2) is 18.5 Å². The minimum Gasteiger partial charge on any atom is -0.245 e. The van der Waals surface area contributed by atoms with Crippen LogP contribution in [0.15, 0.2) is 58.7 Å². The zero-order valence-corrected chi connectivity index (χ0v) is 13.8. The summed E-state index contributed by atoms with van der Waals surface area (Å²) >= 11 is 0. The van der Waals surface area contributed by atoms with Gasteiger partial charge in [0, 0.05) is 0 Å². The normalized spacial score (nSPS) is 12.5. The molecule has 0 aliphatic rings. The molecule has 0 atom stereocenters. The van der Waals surface area contributed by atoms with Gasteiger partial charge in [-0.3, -0.25) is 0 Å². The predicted molar refractivity (Wildman–Crippen MR) is 89.7 cm³/mol. The second kappa shape index (κ2) is 8.55.